The Morgan fingerprint density at radius 3 is 2.83 bits per heavy atom. The molecular formula is C13H9Cl2NOS. The van der Waals surface area contributed by atoms with Gasteiger partial charge in [0.2, 0.25) is 5.91 Å². The van der Waals surface area contributed by atoms with Crippen molar-refractivity contribution in [1.82, 2.24) is 0 Å². The Hall–Kier alpha value is -1.29. The van der Waals surface area contributed by atoms with E-state index in [-0.39, 0.29) is 5.91 Å². The van der Waals surface area contributed by atoms with Crippen molar-refractivity contribution >= 4 is 52.2 Å². The van der Waals surface area contributed by atoms with Gasteiger partial charge in [-0.2, -0.15) is 0 Å². The van der Waals surface area contributed by atoms with Crippen LogP contribution in [0, 0.1) is 0 Å². The Bertz CT molecular complexity index is 579. The van der Waals surface area contributed by atoms with Gasteiger partial charge in [-0.15, -0.1) is 11.3 Å². The smallest absolute Gasteiger partial charge is 0.248 e. The zero-order valence-corrected chi connectivity index (χ0v) is 11.5. The lowest BCUT2D eigenvalue weighted by Crippen LogP contribution is -2.07. The average Bonchev–Trinajstić information content (AvgIpc) is 2.84. The van der Waals surface area contributed by atoms with Crippen molar-refractivity contribution in [1.29, 1.82) is 0 Å². The lowest BCUT2D eigenvalue weighted by atomic mass is 10.3. The summed E-state index contributed by atoms with van der Waals surface area (Å²) in [7, 11) is 0. The van der Waals surface area contributed by atoms with Crippen molar-refractivity contribution in [3.05, 3.63) is 56.7 Å². The third-order valence-corrected chi connectivity index (χ3v) is 3.53. The normalized spacial score (nSPS) is 10.8. The summed E-state index contributed by atoms with van der Waals surface area (Å²) < 4.78 is 0. The molecule has 0 aliphatic heterocycles. The van der Waals surface area contributed by atoms with Crippen LogP contribution in [0.25, 0.3) is 6.08 Å². The molecule has 1 heterocycles. The molecule has 0 fully saturated rings. The highest BCUT2D eigenvalue weighted by Crippen LogP contribution is 2.25. The quantitative estimate of drug-likeness (QED) is 0.817. The van der Waals surface area contributed by atoms with E-state index in [1.165, 1.54) is 6.08 Å². The molecule has 2 rings (SSSR count). The lowest BCUT2D eigenvalue weighted by molar-refractivity contribution is -0.111. The van der Waals surface area contributed by atoms with Gasteiger partial charge in [0.25, 0.3) is 0 Å². The second-order valence-corrected chi connectivity index (χ2v) is 5.29. The average molecular weight is 298 g/mol. The minimum atomic E-state index is -0.243. The number of rotatable bonds is 3. The minimum absolute atomic E-state index is 0.243. The Kier molecular flexibility index (Phi) is 4.42. The standard InChI is InChI=1S/C13H9Cl2NOS/c14-9-3-5-11(15)12(8-9)16-13(17)6-4-10-2-1-7-18-10/h1-8H,(H,16,17)/b6-4+. The summed E-state index contributed by atoms with van der Waals surface area (Å²) in [6, 6.07) is 8.78. The summed E-state index contributed by atoms with van der Waals surface area (Å²) in [4.78, 5) is 12.7. The first-order valence-electron chi connectivity index (χ1n) is 5.13. The lowest BCUT2D eigenvalue weighted by Gasteiger charge is -2.04. The molecule has 2 aromatic rings. The molecular weight excluding hydrogens is 289 g/mol. The second kappa shape index (κ2) is 6.05. The summed E-state index contributed by atoms with van der Waals surface area (Å²) in [6.45, 7) is 0. The number of hydrogen-bond donors (Lipinski definition) is 1. The third kappa shape index (κ3) is 3.60. The maximum Gasteiger partial charge on any atom is 0.248 e. The molecule has 1 aromatic heterocycles. The Labute approximate surface area is 119 Å². The van der Waals surface area contributed by atoms with Crippen molar-refractivity contribution in [3.63, 3.8) is 0 Å². The van der Waals surface area contributed by atoms with E-state index < -0.39 is 0 Å². The Morgan fingerprint density at radius 2 is 2.11 bits per heavy atom. The van der Waals surface area contributed by atoms with Crippen LogP contribution in [-0.4, -0.2) is 5.91 Å². The third-order valence-electron chi connectivity index (χ3n) is 2.13. The van der Waals surface area contributed by atoms with Crippen molar-refractivity contribution in [2.45, 2.75) is 0 Å². The number of amides is 1. The topological polar surface area (TPSA) is 29.1 Å². The molecule has 0 bridgehead atoms. The molecule has 18 heavy (non-hydrogen) atoms. The molecule has 0 aliphatic rings. The predicted octanol–water partition coefficient (Wildman–Crippen LogP) is 4.71. The van der Waals surface area contributed by atoms with Crippen LogP contribution in [0.1, 0.15) is 4.88 Å². The van der Waals surface area contributed by atoms with E-state index >= 15 is 0 Å². The van der Waals surface area contributed by atoms with E-state index in [2.05, 4.69) is 5.32 Å². The molecule has 0 unspecified atom stereocenters. The highest BCUT2D eigenvalue weighted by Gasteiger charge is 2.03. The molecule has 92 valence electrons. The van der Waals surface area contributed by atoms with Gasteiger partial charge in [-0.1, -0.05) is 29.3 Å². The van der Waals surface area contributed by atoms with Gasteiger partial charge in [0.15, 0.2) is 0 Å². The maximum atomic E-state index is 11.7. The van der Waals surface area contributed by atoms with Crippen LogP contribution in [-0.2, 0) is 4.79 Å². The first-order chi connectivity index (χ1) is 8.65. The summed E-state index contributed by atoms with van der Waals surface area (Å²) in [5.41, 5.74) is 0.505. The largest absolute Gasteiger partial charge is 0.321 e. The molecule has 0 saturated heterocycles. The molecule has 1 amide bonds. The van der Waals surface area contributed by atoms with E-state index in [9.17, 15) is 4.79 Å². The number of hydrogen-bond acceptors (Lipinski definition) is 2. The van der Waals surface area contributed by atoms with Gasteiger partial charge in [-0.3, -0.25) is 4.79 Å². The molecule has 0 saturated carbocycles. The number of carbonyl (C=O) groups is 1. The molecule has 0 radical (unpaired) electrons. The van der Waals surface area contributed by atoms with Crippen LogP contribution in [0.2, 0.25) is 10.0 Å². The van der Waals surface area contributed by atoms with Crippen LogP contribution in [0.15, 0.2) is 41.8 Å². The fraction of sp³-hybridized carbons (Fsp3) is 0. The van der Waals surface area contributed by atoms with E-state index in [1.54, 1.807) is 35.6 Å². The number of thiophene rings is 1. The molecule has 5 heteroatoms. The van der Waals surface area contributed by atoms with Gasteiger partial charge in [-0.25, -0.2) is 0 Å². The van der Waals surface area contributed by atoms with Gasteiger partial charge in [0.05, 0.1) is 10.7 Å². The Balaban J connectivity index is 2.05. The van der Waals surface area contributed by atoms with Crippen molar-refractivity contribution < 1.29 is 4.79 Å². The zero-order chi connectivity index (χ0) is 13.0. The van der Waals surface area contributed by atoms with Gasteiger partial charge in [0.1, 0.15) is 0 Å². The summed E-state index contributed by atoms with van der Waals surface area (Å²) in [5.74, 6) is -0.243. The first-order valence-corrected chi connectivity index (χ1v) is 6.76. The number of nitrogens with one attached hydrogen (secondary N) is 1. The van der Waals surface area contributed by atoms with Gasteiger partial charge in [0, 0.05) is 16.0 Å². The fourth-order valence-corrected chi connectivity index (χ4v) is 2.27. The molecule has 1 N–H and O–H groups in total. The maximum absolute atomic E-state index is 11.7. The predicted molar refractivity (Wildman–Crippen MR) is 78.4 cm³/mol. The van der Waals surface area contributed by atoms with Crippen LogP contribution in [0.3, 0.4) is 0 Å². The van der Waals surface area contributed by atoms with E-state index in [4.69, 9.17) is 23.2 Å². The monoisotopic (exact) mass is 297 g/mol. The number of carbonyl (C=O) groups excluding carboxylic acids is 1. The van der Waals surface area contributed by atoms with Crippen LogP contribution < -0.4 is 5.32 Å². The van der Waals surface area contributed by atoms with Gasteiger partial charge in [-0.05, 0) is 35.7 Å². The fourth-order valence-electron chi connectivity index (χ4n) is 1.31. The molecule has 0 spiro atoms. The minimum Gasteiger partial charge on any atom is -0.321 e. The number of anilines is 1. The van der Waals surface area contributed by atoms with Crippen molar-refractivity contribution in [3.8, 4) is 0 Å². The summed E-state index contributed by atoms with van der Waals surface area (Å²) in [5, 5.41) is 5.61. The van der Waals surface area contributed by atoms with Crippen LogP contribution in [0.5, 0.6) is 0 Å². The molecule has 1 aromatic carbocycles. The highest BCUT2D eigenvalue weighted by atomic mass is 35.5. The van der Waals surface area contributed by atoms with E-state index in [1.807, 2.05) is 17.5 Å². The highest BCUT2D eigenvalue weighted by molar-refractivity contribution is 7.10. The first kappa shape index (κ1) is 13.1. The summed E-state index contributed by atoms with van der Waals surface area (Å²) in [6.07, 6.45) is 3.21. The molecule has 2 nitrogen and oxygen atoms in total. The van der Waals surface area contributed by atoms with Crippen molar-refractivity contribution in [2.75, 3.05) is 5.32 Å². The number of benzene rings is 1. The van der Waals surface area contributed by atoms with Gasteiger partial charge >= 0.3 is 0 Å². The molecule has 0 atom stereocenters. The molecule has 0 aliphatic carbocycles. The Morgan fingerprint density at radius 1 is 1.28 bits per heavy atom. The zero-order valence-electron chi connectivity index (χ0n) is 9.19. The second-order valence-electron chi connectivity index (χ2n) is 3.46. The van der Waals surface area contributed by atoms with Crippen molar-refractivity contribution in [2.24, 2.45) is 0 Å². The van der Waals surface area contributed by atoms with Gasteiger partial charge < -0.3 is 5.32 Å². The summed E-state index contributed by atoms with van der Waals surface area (Å²) >= 11 is 13.3. The SMILES string of the molecule is O=C(/C=C/c1cccs1)Nc1cc(Cl)ccc1Cl. The van der Waals surface area contributed by atoms with E-state index in [0.717, 1.165) is 4.88 Å². The number of halogens is 2. The van der Waals surface area contributed by atoms with E-state index in [0.29, 0.717) is 15.7 Å². The van der Waals surface area contributed by atoms with Crippen LogP contribution in [0.4, 0.5) is 5.69 Å². The van der Waals surface area contributed by atoms with Crippen LogP contribution >= 0.6 is 34.5 Å².